The van der Waals surface area contributed by atoms with E-state index in [1.807, 2.05) is 18.5 Å². The van der Waals surface area contributed by atoms with Gasteiger partial charge in [0.15, 0.2) is 5.96 Å². The van der Waals surface area contributed by atoms with Crippen LogP contribution in [0, 0.1) is 6.92 Å². The Morgan fingerprint density at radius 2 is 2.17 bits per heavy atom. The van der Waals surface area contributed by atoms with Crippen LogP contribution in [-0.2, 0) is 13.0 Å². The summed E-state index contributed by atoms with van der Waals surface area (Å²) < 4.78 is 12.6. The van der Waals surface area contributed by atoms with Crippen LogP contribution in [0.2, 0.25) is 0 Å². The Morgan fingerprint density at radius 3 is 2.87 bits per heavy atom. The van der Waals surface area contributed by atoms with Crippen LogP contribution >= 0.6 is 24.0 Å². The zero-order valence-corrected chi connectivity index (χ0v) is 20.2. The van der Waals surface area contributed by atoms with Crippen LogP contribution in [0.5, 0.6) is 11.5 Å². The second kappa shape index (κ2) is 11.3. The number of ether oxygens (including phenoxy) is 2. The Labute approximate surface area is 194 Å². The van der Waals surface area contributed by atoms with Gasteiger partial charge in [0.05, 0.1) is 27.3 Å². The van der Waals surface area contributed by atoms with Gasteiger partial charge >= 0.3 is 0 Å². The number of aromatic nitrogens is 3. The number of aliphatic imine (C=N–C) groups is 1. The first-order chi connectivity index (χ1) is 14.0. The van der Waals surface area contributed by atoms with Crippen molar-refractivity contribution in [2.75, 3.05) is 27.3 Å². The molecule has 1 aliphatic heterocycles. The van der Waals surface area contributed by atoms with Gasteiger partial charge in [-0.2, -0.15) is 5.10 Å². The van der Waals surface area contributed by atoms with Crippen LogP contribution in [0.1, 0.15) is 36.7 Å². The number of methoxy groups -OCH3 is 2. The summed E-state index contributed by atoms with van der Waals surface area (Å²) >= 11 is 0. The highest BCUT2D eigenvalue weighted by atomic mass is 127. The third kappa shape index (κ3) is 5.97. The van der Waals surface area contributed by atoms with Gasteiger partial charge in [0.25, 0.3) is 0 Å². The summed E-state index contributed by atoms with van der Waals surface area (Å²) in [7, 11) is 3.17. The first-order valence-corrected chi connectivity index (χ1v) is 9.89. The molecule has 2 aromatic rings. The van der Waals surface area contributed by atoms with Crippen LogP contribution < -0.4 is 20.1 Å². The minimum absolute atomic E-state index is 0. The molecule has 2 unspecified atom stereocenters. The van der Waals surface area contributed by atoms with E-state index in [0.717, 1.165) is 37.6 Å². The quantitative estimate of drug-likeness (QED) is 0.285. The monoisotopic (exact) mass is 530 g/mol. The number of rotatable bonds is 7. The Bertz CT molecular complexity index is 857. The number of hydrogen-bond acceptors (Lipinski definition) is 6. The molecular formula is C20H31IN6O3. The van der Waals surface area contributed by atoms with Gasteiger partial charge in [-0.25, -0.2) is 9.67 Å². The van der Waals surface area contributed by atoms with Gasteiger partial charge in [0, 0.05) is 24.6 Å². The molecule has 2 atom stereocenters. The van der Waals surface area contributed by atoms with Crippen LogP contribution in [0.25, 0.3) is 0 Å². The Kier molecular flexibility index (Phi) is 9.15. The zero-order chi connectivity index (χ0) is 20.8. The topological polar surface area (TPSA) is 106 Å². The highest BCUT2D eigenvalue weighted by molar-refractivity contribution is 14.0. The van der Waals surface area contributed by atoms with Crippen LogP contribution in [0.15, 0.2) is 23.2 Å². The lowest BCUT2D eigenvalue weighted by molar-refractivity contribution is 0.182. The van der Waals surface area contributed by atoms with Crippen molar-refractivity contribution >= 4 is 29.9 Å². The fourth-order valence-corrected chi connectivity index (χ4v) is 3.44. The second-order valence-electron chi connectivity index (χ2n) is 6.98. The van der Waals surface area contributed by atoms with Gasteiger partial charge in [-0.1, -0.05) is 0 Å². The zero-order valence-electron chi connectivity index (χ0n) is 17.9. The molecule has 1 aromatic heterocycles. The summed E-state index contributed by atoms with van der Waals surface area (Å²) in [6.45, 7) is 5.59. The van der Waals surface area contributed by atoms with Gasteiger partial charge in [0.2, 0.25) is 0 Å². The van der Waals surface area contributed by atoms with Crippen LogP contribution in [0.4, 0.5) is 0 Å². The molecule has 2 heterocycles. The van der Waals surface area contributed by atoms with Gasteiger partial charge in [-0.05, 0) is 38.5 Å². The first kappa shape index (κ1) is 24.2. The lowest BCUT2D eigenvalue weighted by Crippen LogP contribution is -2.47. The van der Waals surface area contributed by atoms with E-state index in [0.29, 0.717) is 23.0 Å². The summed E-state index contributed by atoms with van der Waals surface area (Å²) in [5.41, 5.74) is 0.645. The van der Waals surface area contributed by atoms with Crippen molar-refractivity contribution in [1.82, 2.24) is 25.4 Å². The normalized spacial score (nSPS) is 16.8. The number of guanidine groups is 1. The van der Waals surface area contributed by atoms with Crippen molar-refractivity contribution in [2.45, 2.75) is 45.4 Å². The molecule has 0 radical (unpaired) electrons. The predicted molar refractivity (Wildman–Crippen MR) is 126 cm³/mol. The molecule has 0 saturated carbocycles. The van der Waals surface area contributed by atoms with E-state index < -0.39 is 6.10 Å². The predicted octanol–water partition coefficient (Wildman–Crippen LogP) is 1.83. The number of nitrogens with one attached hydrogen (secondary N) is 2. The molecule has 30 heavy (non-hydrogen) atoms. The Balaban J connectivity index is 0.00000320. The van der Waals surface area contributed by atoms with Crippen molar-refractivity contribution in [3.05, 3.63) is 35.4 Å². The molecule has 10 heteroatoms. The maximum absolute atomic E-state index is 10.7. The summed E-state index contributed by atoms with van der Waals surface area (Å²) in [5, 5.41) is 21.8. The molecule has 1 aromatic carbocycles. The average Bonchev–Trinajstić information content (AvgIpc) is 3.10. The number of aryl methyl sites for hydroxylation is 2. The summed E-state index contributed by atoms with van der Waals surface area (Å²) in [6, 6.07) is 5.55. The average molecular weight is 530 g/mol. The molecule has 166 valence electrons. The van der Waals surface area contributed by atoms with E-state index in [4.69, 9.17) is 9.47 Å². The third-order valence-corrected chi connectivity index (χ3v) is 4.87. The number of fused-ring (bicyclic) bond motifs is 1. The molecule has 0 bridgehead atoms. The third-order valence-electron chi connectivity index (χ3n) is 4.87. The van der Waals surface area contributed by atoms with Crippen LogP contribution in [-0.4, -0.2) is 59.2 Å². The van der Waals surface area contributed by atoms with Crippen molar-refractivity contribution in [3.63, 3.8) is 0 Å². The van der Waals surface area contributed by atoms with E-state index in [-0.39, 0.29) is 36.6 Å². The lowest BCUT2D eigenvalue weighted by Gasteiger charge is -2.25. The van der Waals surface area contributed by atoms with Gasteiger partial charge in [-0.15, -0.1) is 24.0 Å². The minimum Gasteiger partial charge on any atom is -0.497 e. The SMILES string of the molecule is CCNC(=NCC(O)c1cc(OC)ccc1OC)NC1CCc2nc(C)nn2C1.I. The molecule has 0 spiro atoms. The largest absolute Gasteiger partial charge is 0.497 e. The van der Waals surface area contributed by atoms with Crippen molar-refractivity contribution < 1.29 is 14.6 Å². The molecule has 0 amide bonds. The molecule has 3 rings (SSSR count). The molecule has 9 nitrogen and oxygen atoms in total. The Morgan fingerprint density at radius 1 is 1.37 bits per heavy atom. The van der Waals surface area contributed by atoms with Crippen molar-refractivity contribution in [2.24, 2.45) is 4.99 Å². The fraction of sp³-hybridized carbons (Fsp3) is 0.550. The minimum atomic E-state index is -0.813. The number of benzene rings is 1. The van der Waals surface area contributed by atoms with E-state index in [9.17, 15) is 5.11 Å². The smallest absolute Gasteiger partial charge is 0.191 e. The summed E-state index contributed by atoms with van der Waals surface area (Å²) in [4.78, 5) is 9.03. The number of aliphatic hydroxyl groups is 1. The van der Waals surface area contributed by atoms with Crippen molar-refractivity contribution in [3.8, 4) is 11.5 Å². The maximum Gasteiger partial charge on any atom is 0.191 e. The molecular weight excluding hydrogens is 499 g/mol. The number of halogens is 1. The molecule has 3 N–H and O–H groups in total. The maximum atomic E-state index is 10.7. The molecule has 0 saturated heterocycles. The highest BCUT2D eigenvalue weighted by Gasteiger charge is 2.22. The van der Waals surface area contributed by atoms with Crippen molar-refractivity contribution in [1.29, 1.82) is 0 Å². The number of aliphatic hydroxyl groups excluding tert-OH is 1. The molecule has 0 fully saturated rings. The standard InChI is InChI=1S/C20H30N6O3.HI/c1-5-21-20(24-14-6-9-19-23-13(2)25-26(19)12-14)22-11-17(27)16-10-15(28-3)7-8-18(16)29-4;/h7-8,10,14,17,27H,5-6,9,11-12H2,1-4H3,(H2,21,22,24);1H. The van der Waals surface area contributed by atoms with Gasteiger partial charge in [0.1, 0.15) is 29.3 Å². The lowest BCUT2D eigenvalue weighted by atomic mass is 10.1. The van der Waals surface area contributed by atoms with Gasteiger partial charge in [-0.3, -0.25) is 4.99 Å². The van der Waals surface area contributed by atoms with E-state index >= 15 is 0 Å². The van der Waals surface area contributed by atoms with E-state index in [2.05, 4.69) is 25.7 Å². The summed E-state index contributed by atoms with van der Waals surface area (Å²) in [5.74, 6) is 3.76. The van der Waals surface area contributed by atoms with E-state index in [1.54, 1.807) is 32.4 Å². The molecule has 0 aliphatic carbocycles. The number of hydrogen-bond donors (Lipinski definition) is 3. The summed E-state index contributed by atoms with van der Waals surface area (Å²) in [6.07, 6.45) is 1.02. The molecule has 1 aliphatic rings. The van der Waals surface area contributed by atoms with Crippen LogP contribution in [0.3, 0.4) is 0 Å². The second-order valence-corrected chi connectivity index (χ2v) is 6.98. The Hall–Kier alpha value is -2.08. The first-order valence-electron chi connectivity index (χ1n) is 9.89. The van der Waals surface area contributed by atoms with Gasteiger partial charge < -0.3 is 25.2 Å². The highest BCUT2D eigenvalue weighted by Crippen LogP contribution is 2.29. The fourth-order valence-electron chi connectivity index (χ4n) is 3.44. The number of nitrogens with zero attached hydrogens (tertiary/aromatic N) is 4. The van der Waals surface area contributed by atoms with E-state index in [1.165, 1.54) is 0 Å².